The quantitative estimate of drug-likeness (QED) is 0.506. The molecule has 1 saturated heterocycles. The summed E-state index contributed by atoms with van der Waals surface area (Å²) in [4.78, 5) is 2.86. The fourth-order valence-electron chi connectivity index (χ4n) is 1.05. The molecular formula is C10H18N6. The number of nitrogens with zero attached hydrogens (tertiary/aromatic N) is 2. The van der Waals surface area contributed by atoms with Gasteiger partial charge in [0.25, 0.3) is 0 Å². The van der Waals surface area contributed by atoms with E-state index in [9.17, 15) is 0 Å². The van der Waals surface area contributed by atoms with Crippen LogP contribution in [0.1, 0.15) is 0 Å². The average molecular weight is 222 g/mol. The topological polar surface area (TPSA) is 81.4 Å². The summed E-state index contributed by atoms with van der Waals surface area (Å²) in [7, 11) is 0. The molecule has 1 aliphatic rings. The third-order valence-corrected chi connectivity index (χ3v) is 1.78. The van der Waals surface area contributed by atoms with E-state index in [0.717, 1.165) is 26.2 Å². The Bertz CT molecular complexity index is 215. The first-order valence-corrected chi connectivity index (χ1v) is 5.29. The van der Waals surface area contributed by atoms with Gasteiger partial charge in [0.2, 0.25) is 0 Å². The minimum atomic E-state index is 1.14. The molecule has 88 valence electrons. The zero-order chi connectivity index (χ0) is 11.3. The molecular weight excluding hydrogens is 204 g/mol. The lowest BCUT2D eigenvalue weighted by atomic mass is 10.4. The fourth-order valence-corrected chi connectivity index (χ4v) is 1.05. The smallest absolute Gasteiger partial charge is 0.0690 e. The molecule has 6 nitrogen and oxygen atoms in total. The zero-order valence-corrected chi connectivity index (χ0v) is 9.19. The van der Waals surface area contributed by atoms with Crippen LogP contribution < -0.4 is 10.6 Å². The second-order valence-electron chi connectivity index (χ2n) is 3.04. The van der Waals surface area contributed by atoms with Gasteiger partial charge in [-0.3, -0.25) is 0 Å². The molecule has 3 rings (SSSR count). The van der Waals surface area contributed by atoms with Gasteiger partial charge in [0.05, 0.1) is 12.4 Å². The van der Waals surface area contributed by atoms with Gasteiger partial charge < -0.3 is 15.6 Å². The van der Waals surface area contributed by atoms with E-state index < -0.39 is 0 Å². The number of rotatable bonds is 0. The molecule has 6 heteroatoms. The monoisotopic (exact) mass is 222 g/mol. The molecule has 0 aliphatic carbocycles. The highest BCUT2D eigenvalue weighted by Gasteiger charge is 1.91. The first-order chi connectivity index (χ1) is 8.00. The van der Waals surface area contributed by atoms with Gasteiger partial charge in [0.1, 0.15) is 0 Å². The highest BCUT2D eigenvalue weighted by atomic mass is 15.3. The van der Waals surface area contributed by atoms with E-state index in [-0.39, 0.29) is 0 Å². The third kappa shape index (κ3) is 7.72. The van der Waals surface area contributed by atoms with Gasteiger partial charge in [-0.1, -0.05) is 0 Å². The van der Waals surface area contributed by atoms with Crippen LogP contribution in [0.15, 0.2) is 36.9 Å². The van der Waals surface area contributed by atoms with Crippen molar-refractivity contribution < 1.29 is 0 Å². The van der Waals surface area contributed by atoms with Gasteiger partial charge in [-0.2, -0.15) is 15.4 Å². The highest BCUT2D eigenvalue weighted by Crippen LogP contribution is 1.72. The van der Waals surface area contributed by atoms with Crippen molar-refractivity contribution in [3.8, 4) is 0 Å². The molecule has 0 aromatic carbocycles. The van der Waals surface area contributed by atoms with Gasteiger partial charge >= 0.3 is 0 Å². The summed E-state index contributed by atoms with van der Waals surface area (Å²) in [5, 5.41) is 15.8. The van der Waals surface area contributed by atoms with Gasteiger partial charge in [-0.05, 0) is 12.1 Å². The summed E-state index contributed by atoms with van der Waals surface area (Å²) in [6, 6.07) is 3.89. The molecule has 0 bridgehead atoms. The minimum absolute atomic E-state index is 1.14. The number of H-pyrrole nitrogens is 2. The van der Waals surface area contributed by atoms with E-state index in [2.05, 4.69) is 31.0 Å². The van der Waals surface area contributed by atoms with Crippen LogP contribution >= 0.6 is 0 Å². The van der Waals surface area contributed by atoms with Crippen molar-refractivity contribution in [3.63, 3.8) is 0 Å². The number of aromatic amines is 2. The number of hydrogen-bond donors (Lipinski definition) is 4. The summed E-state index contributed by atoms with van der Waals surface area (Å²) in [5.41, 5.74) is 0. The summed E-state index contributed by atoms with van der Waals surface area (Å²) in [5.74, 6) is 0. The van der Waals surface area contributed by atoms with Crippen LogP contribution in [0.4, 0.5) is 0 Å². The minimum Gasteiger partial charge on any atom is -0.368 e. The maximum atomic E-state index is 3.49. The van der Waals surface area contributed by atoms with Crippen LogP contribution in [0.2, 0.25) is 0 Å². The van der Waals surface area contributed by atoms with Crippen molar-refractivity contribution in [1.82, 2.24) is 31.0 Å². The maximum Gasteiger partial charge on any atom is 0.0690 e. The van der Waals surface area contributed by atoms with Crippen LogP contribution in [0.25, 0.3) is 0 Å². The molecule has 0 radical (unpaired) electrons. The van der Waals surface area contributed by atoms with Gasteiger partial charge in [0.15, 0.2) is 0 Å². The Hall–Kier alpha value is -1.66. The molecule has 1 aliphatic heterocycles. The first kappa shape index (κ1) is 12.4. The molecule has 4 N–H and O–H groups in total. The second-order valence-corrected chi connectivity index (χ2v) is 3.04. The summed E-state index contributed by atoms with van der Waals surface area (Å²) >= 11 is 0. The number of piperazine rings is 1. The molecule has 3 heterocycles. The van der Waals surface area contributed by atoms with Crippen LogP contribution in [0.5, 0.6) is 0 Å². The summed E-state index contributed by atoms with van der Waals surface area (Å²) < 4.78 is 0. The predicted molar refractivity (Wildman–Crippen MR) is 62.9 cm³/mol. The number of hydrogen-bond acceptors (Lipinski definition) is 4. The maximum absolute atomic E-state index is 3.49. The fraction of sp³-hybridized carbons (Fsp3) is 0.400. The Labute approximate surface area is 94.8 Å². The Morgan fingerprint density at radius 2 is 1.25 bits per heavy atom. The molecule has 2 aromatic rings. The molecule has 16 heavy (non-hydrogen) atoms. The number of aromatic nitrogens is 4. The largest absolute Gasteiger partial charge is 0.368 e. The molecule has 0 saturated carbocycles. The molecule has 0 amide bonds. The molecule has 0 atom stereocenters. The van der Waals surface area contributed by atoms with E-state index in [1.54, 1.807) is 12.4 Å². The van der Waals surface area contributed by atoms with E-state index in [4.69, 9.17) is 0 Å². The van der Waals surface area contributed by atoms with E-state index in [1.165, 1.54) is 0 Å². The lowest BCUT2D eigenvalue weighted by molar-refractivity contribution is 0.534. The molecule has 2 aromatic heterocycles. The van der Waals surface area contributed by atoms with Gasteiger partial charge in [-0.15, -0.1) is 0 Å². The third-order valence-electron chi connectivity index (χ3n) is 1.78. The van der Waals surface area contributed by atoms with Crippen LogP contribution in [-0.2, 0) is 0 Å². The molecule has 0 spiro atoms. The first-order valence-electron chi connectivity index (χ1n) is 5.29. The van der Waals surface area contributed by atoms with Crippen molar-refractivity contribution in [1.29, 1.82) is 0 Å². The zero-order valence-electron chi connectivity index (χ0n) is 9.19. The normalized spacial score (nSPS) is 14.0. The van der Waals surface area contributed by atoms with Crippen LogP contribution in [-0.4, -0.2) is 46.6 Å². The molecule has 1 fully saturated rings. The van der Waals surface area contributed by atoms with Crippen molar-refractivity contribution in [2.24, 2.45) is 0 Å². The van der Waals surface area contributed by atoms with Gasteiger partial charge in [0, 0.05) is 38.6 Å². The number of nitrogens with one attached hydrogen (secondary N) is 4. The lowest BCUT2D eigenvalue weighted by Crippen LogP contribution is -2.39. The van der Waals surface area contributed by atoms with Gasteiger partial charge in [-0.25, -0.2) is 0 Å². The summed E-state index contributed by atoms with van der Waals surface area (Å²) in [6.07, 6.45) is 6.92. The van der Waals surface area contributed by atoms with E-state index >= 15 is 0 Å². The second kappa shape index (κ2) is 9.88. The van der Waals surface area contributed by atoms with Crippen molar-refractivity contribution >= 4 is 0 Å². The molecule has 0 unspecified atom stereocenters. The highest BCUT2D eigenvalue weighted by molar-refractivity contribution is 4.84. The van der Waals surface area contributed by atoms with Crippen molar-refractivity contribution in [3.05, 3.63) is 36.9 Å². The SMILES string of the molecule is C1CNCCN1.c1cc[nH]c1.c1cn[nH]n1. The Balaban J connectivity index is 0.000000121. The Morgan fingerprint density at radius 1 is 0.750 bits per heavy atom. The Morgan fingerprint density at radius 3 is 1.44 bits per heavy atom. The van der Waals surface area contributed by atoms with Crippen molar-refractivity contribution in [2.75, 3.05) is 26.2 Å². The standard InChI is InChI=1S/C4H10N2.C4H5N.C2H3N3/c1-2-6-4-3-5-1;2*1-2-4-5-3-1/h5-6H,1-4H2;1-5H;1-2H,(H,3,4,5). The Kier molecular flexibility index (Phi) is 7.66. The summed E-state index contributed by atoms with van der Waals surface area (Å²) in [6.45, 7) is 4.56. The van der Waals surface area contributed by atoms with Crippen LogP contribution in [0.3, 0.4) is 0 Å². The van der Waals surface area contributed by atoms with Crippen LogP contribution in [0, 0.1) is 0 Å². The van der Waals surface area contributed by atoms with E-state index in [1.807, 2.05) is 24.5 Å². The lowest BCUT2D eigenvalue weighted by Gasteiger charge is -2.11. The average Bonchev–Trinajstić information content (AvgIpc) is 3.10. The van der Waals surface area contributed by atoms with Crippen molar-refractivity contribution in [2.45, 2.75) is 0 Å². The predicted octanol–water partition coefficient (Wildman–Crippen LogP) is -0.00140. The van der Waals surface area contributed by atoms with E-state index in [0.29, 0.717) is 0 Å².